The Kier molecular flexibility index (Phi) is 3.62. The lowest BCUT2D eigenvalue weighted by Gasteiger charge is -2.10. The lowest BCUT2D eigenvalue weighted by atomic mass is 10.2. The molecular weight excluding hydrogens is 252 g/mol. The van der Waals surface area contributed by atoms with Crippen molar-refractivity contribution in [1.82, 2.24) is 15.0 Å². The predicted molar refractivity (Wildman–Crippen MR) is 69.9 cm³/mol. The first-order chi connectivity index (χ1) is 8.61. The molecule has 0 bridgehead atoms. The van der Waals surface area contributed by atoms with Crippen LogP contribution >= 0.6 is 11.6 Å². The molecule has 0 amide bonds. The number of nitrogens with zero attached hydrogens (tertiary/aromatic N) is 3. The molecule has 6 heteroatoms. The van der Waals surface area contributed by atoms with Gasteiger partial charge in [-0.3, -0.25) is 4.98 Å². The van der Waals surface area contributed by atoms with Crippen LogP contribution in [-0.2, 0) is 6.42 Å². The van der Waals surface area contributed by atoms with Crippen LogP contribution in [0.2, 0.25) is 5.15 Å². The van der Waals surface area contributed by atoms with E-state index in [4.69, 9.17) is 22.1 Å². The second-order valence-corrected chi connectivity index (χ2v) is 4.09. The zero-order valence-electron chi connectivity index (χ0n) is 10.1. The van der Waals surface area contributed by atoms with Crippen molar-refractivity contribution in [2.75, 3.05) is 5.73 Å². The number of hydrogen-bond donors (Lipinski definition) is 1. The van der Waals surface area contributed by atoms with E-state index < -0.39 is 0 Å². The van der Waals surface area contributed by atoms with E-state index >= 15 is 0 Å². The van der Waals surface area contributed by atoms with Gasteiger partial charge in [-0.05, 0) is 25.5 Å². The first kappa shape index (κ1) is 12.6. The number of hydrogen-bond acceptors (Lipinski definition) is 5. The summed E-state index contributed by atoms with van der Waals surface area (Å²) >= 11 is 5.81. The van der Waals surface area contributed by atoms with Gasteiger partial charge in [-0.2, -0.15) is 4.98 Å². The smallest absolute Gasteiger partial charge is 0.247 e. The zero-order chi connectivity index (χ0) is 13.1. The Morgan fingerprint density at radius 2 is 2.11 bits per heavy atom. The fourth-order valence-electron chi connectivity index (χ4n) is 1.49. The molecule has 5 nitrogen and oxygen atoms in total. The quantitative estimate of drug-likeness (QED) is 0.863. The number of nitrogens with two attached hydrogens (primary N) is 1. The lowest BCUT2D eigenvalue weighted by molar-refractivity contribution is 0.455. The summed E-state index contributed by atoms with van der Waals surface area (Å²) < 4.78 is 5.64. The van der Waals surface area contributed by atoms with Crippen LogP contribution in [0.5, 0.6) is 11.6 Å². The number of halogens is 1. The number of ether oxygens (including phenoxy) is 1. The van der Waals surface area contributed by atoms with E-state index in [1.165, 1.54) is 6.33 Å². The molecule has 0 aliphatic rings. The van der Waals surface area contributed by atoms with E-state index in [1.54, 1.807) is 0 Å². The Labute approximate surface area is 110 Å². The molecule has 0 spiro atoms. The minimum absolute atomic E-state index is 0.179. The maximum Gasteiger partial charge on any atom is 0.247 e. The highest BCUT2D eigenvalue weighted by Crippen LogP contribution is 2.30. The third kappa shape index (κ3) is 2.51. The van der Waals surface area contributed by atoms with Gasteiger partial charge in [0.15, 0.2) is 10.9 Å². The van der Waals surface area contributed by atoms with E-state index in [1.807, 2.05) is 26.0 Å². The normalized spacial score (nSPS) is 10.4. The maximum absolute atomic E-state index is 5.81. The molecule has 0 radical (unpaired) electrons. The van der Waals surface area contributed by atoms with Gasteiger partial charge in [0.25, 0.3) is 0 Å². The largest absolute Gasteiger partial charge is 0.435 e. The molecule has 2 aromatic heterocycles. The summed E-state index contributed by atoms with van der Waals surface area (Å²) in [6, 6.07) is 3.71. The minimum atomic E-state index is 0.179. The van der Waals surface area contributed by atoms with E-state index in [2.05, 4.69) is 15.0 Å². The van der Waals surface area contributed by atoms with Crippen molar-refractivity contribution in [3.8, 4) is 11.6 Å². The van der Waals surface area contributed by atoms with Crippen LogP contribution in [0.1, 0.15) is 18.3 Å². The first-order valence-corrected chi connectivity index (χ1v) is 5.90. The fourth-order valence-corrected chi connectivity index (χ4v) is 1.61. The van der Waals surface area contributed by atoms with Crippen LogP contribution in [0.15, 0.2) is 18.5 Å². The highest BCUT2D eigenvalue weighted by Gasteiger charge is 2.11. The molecule has 2 heterocycles. The number of anilines is 1. The SMILES string of the molecule is CCc1nc(C)ccc1Oc1ncnc(Cl)c1N. The van der Waals surface area contributed by atoms with Crippen molar-refractivity contribution in [2.45, 2.75) is 20.3 Å². The van der Waals surface area contributed by atoms with E-state index in [9.17, 15) is 0 Å². The Morgan fingerprint density at radius 1 is 1.33 bits per heavy atom. The van der Waals surface area contributed by atoms with Gasteiger partial charge in [0.05, 0.1) is 5.69 Å². The second-order valence-electron chi connectivity index (χ2n) is 3.74. The van der Waals surface area contributed by atoms with Crippen LogP contribution in [0, 0.1) is 6.92 Å². The third-order valence-electron chi connectivity index (χ3n) is 2.41. The van der Waals surface area contributed by atoms with Crippen molar-refractivity contribution in [2.24, 2.45) is 0 Å². The van der Waals surface area contributed by atoms with Crippen molar-refractivity contribution >= 4 is 17.3 Å². The van der Waals surface area contributed by atoms with Crippen molar-refractivity contribution in [3.05, 3.63) is 35.0 Å². The van der Waals surface area contributed by atoms with Crippen LogP contribution < -0.4 is 10.5 Å². The highest BCUT2D eigenvalue weighted by atomic mass is 35.5. The fraction of sp³-hybridized carbons (Fsp3) is 0.250. The van der Waals surface area contributed by atoms with Gasteiger partial charge >= 0.3 is 0 Å². The molecule has 0 aliphatic heterocycles. The Bertz CT molecular complexity index is 574. The standard InChI is InChI=1S/C12H13ClN4O/c1-3-8-9(5-4-7(2)17-8)18-12-10(14)11(13)15-6-16-12/h4-6H,3,14H2,1-2H3. The molecule has 94 valence electrons. The van der Waals surface area contributed by atoms with Gasteiger partial charge in [0.2, 0.25) is 5.88 Å². The molecule has 0 unspecified atom stereocenters. The molecular formula is C12H13ClN4O. The van der Waals surface area contributed by atoms with Crippen molar-refractivity contribution in [1.29, 1.82) is 0 Å². The molecule has 2 N–H and O–H groups in total. The molecule has 0 fully saturated rings. The number of pyridine rings is 1. The predicted octanol–water partition coefficient (Wildman–Crippen LogP) is 2.77. The van der Waals surface area contributed by atoms with Crippen molar-refractivity contribution in [3.63, 3.8) is 0 Å². The number of aryl methyl sites for hydroxylation is 2. The maximum atomic E-state index is 5.81. The Balaban J connectivity index is 2.37. The van der Waals surface area contributed by atoms with Gasteiger partial charge in [-0.25, -0.2) is 4.98 Å². The van der Waals surface area contributed by atoms with Crippen LogP contribution in [0.4, 0.5) is 5.69 Å². The van der Waals surface area contributed by atoms with Gasteiger partial charge < -0.3 is 10.5 Å². The zero-order valence-corrected chi connectivity index (χ0v) is 10.9. The van der Waals surface area contributed by atoms with Gasteiger partial charge in [-0.1, -0.05) is 18.5 Å². The molecule has 18 heavy (non-hydrogen) atoms. The number of rotatable bonds is 3. The topological polar surface area (TPSA) is 73.9 Å². The van der Waals surface area contributed by atoms with Gasteiger partial charge in [0, 0.05) is 5.69 Å². The summed E-state index contributed by atoms with van der Waals surface area (Å²) in [4.78, 5) is 12.1. The minimum Gasteiger partial charge on any atom is -0.435 e. The van der Waals surface area contributed by atoms with Crippen LogP contribution in [0.25, 0.3) is 0 Å². The van der Waals surface area contributed by atoms with Crippen LogP contribution in [0.3, 0.4) is 0 Å². The number of nitrogen functional groups attached to an aromatic ring is 1. The number of aromatic nitrogens is 3. The van der Waals surface area contributed by atoms with E-state index in [0.717, 1.165) is 17.8 Å². The van der Waals surface area contributed by atoms with E-state index in [0.29, 0.717) is 5.75 Å². The average molecular weight is 265 g/mol. The van der Waals surface area contributed by atoms with Gasteiger partial charge in [0.1, 0.15) is 12.0 Å². The molecule has 0 saturated heterocycles. The van der Waals surface area contributed by atoms with Gasteiger partial charge in [-0.15, -0.1) is 0 Å². The molecule has 0 saturated carbocycles. The summed E-state index contributed by atoms with van der Waals surface area (Å²) in [5.74, 6) is 0.875. The Hall–Kier alpha value is -1.88. The third-order valence-corrected chi connectivity index (χ3v) is 2.71. The summed E-state index contributed by atoms with van der Waals surface area (Å²) in [5.41, 5.74) is 7.76. The molecule has 2 aromatic rings. The Morgan fingerprint density at radius 3 is 2.83 bits per heavy atom. The summed E-state index contributed by atoms with van der Waals surface area (Å²) in [5, 5.41) is 0.179. The highest BCUT2D eigenvalue weighted by molar-refractivity contribution is 6.32. The molecule has 0 atom stereocenters. The molecule has 2 rings (SSSR count). The monoisotopic (exact) mass is 264 g/mol. The average Bonchev–Trinajstić information content (AvgIpc) is 2.37. The van der Waals surface area contributed by atoms with Crippen molar-refractivity contribution < 1.29 is 4.74 Å². The summed E-state index contributed by atoms with van der Waals surface area (Å²) in [7, 11) is 0. The molecule has 0 aromatic carbocycles. The second kappa shape index (κ2) is 5.18. The van der Waals surface area contributed by atoms with E-state index in [-0.39, 0.29) is 16.7 Å². The lowest BCUT2D eigenvalue weighted by Crippen LogP contribution is -2.00. The summed E-state index contributed by atoms with van der Waals surface area (Å²) in [6.45, 7) is 3.93. The van der Waals surface area contributed by atoms with Crippen LogP contribution in [-0.4, -0.2) is 15.0 Å². The summed E-state index contributed by atoms with van der Waals surface area (Å²) in [6.07, 6.45) is 2.07. The first-order valence-electron chi connectivity index (χ1n) is 5.52. The molecule has 0 aliphatic carbocycles.